The predicted molar refractivity (Wildman–Crippen MR) is 68.7 cm³/mol. The summed E-state index contributed by atoms with van der Waals surface area (Å²) >= 11 is 5.68. The van der Waals surface area contributed by atoms with Crippen LogP contribution in [0.1, 0.15) is 16.1 Å². The average molecular weight is 282 g/mol. The van der Waals surface area contributed by atoms with Gasteiger partial charge < -0.3 is 9.67 Å². The van der Waals surface area contributed by atoms with Gasteiger partial charge in [-0.3, -0.25) is 4.79 Å². The molecule has 0 fully saturated rings. The standard InChI is InChI=1S/C13H9ClFNO3/c1-7-4-12(17)9(13(18)19)6-16(7)8-2-3-11(15)10(14)5-8/h2-6H,1H3,(H,18,19). The Kier molecular flexibility index (Phi) is 3.40. The smallest absolute Gasteiger partial charge is 0.341 e. The van der Waals surface area contributed by atoms with Crippen molar-refractivity contribution in [2.75, 3.05) is 0 Å². The van der Waals surface area contributed by atoms with E-state index in [9.17, 15) is 14.0 Å². The van der Waals surface area contributed by atoms with Gasteiger partial charge >= 0.3 is 5.97 Å². The second-order valence-electron chi connectivity index (χ2n) is 3.97. The molecule has 0 aliphatic carbocycles. The third-order valence-electron chi connectivity index (χ3n) is 2.66. The van der Waals surface area contributed by atoms with E-state index in [0.717, 1.165) is 0 Å². The molecular weight excluding hydrogens is 273 g/mol. The van der Waals surface area contributed by atoms with Crippen molar-refractivity contribution in [3.8, 4) is 5.69 Å². The van der Waals surface area contributed by atoms with Gasteiger partial charge in [0.05, 0.1) is 5.02 Å². The predicted octanol–water partition coefficient (Wildman–Crippen LogP) is 2.64. The molecule has 0 aliphatic heterocycles. The van der Waals surface area contributed by atoms with Crippen LogP contribution >= 0.6 is 11.6 Å². The van der Waals surface area contributed by atoms with Crippen LogP contribution in [0.3, 0.4) is 0 Å². The molecule has 6 heteroatoms. The molecule has 2 rings (SSSR count). The molecule has 1 heterocycles. The van der Waals surface area contributed by atoms with Gasteiger partial charge in [0.15, 0.2) is 5.43 Å². The Morgan fingerprint density at radius 1 is 1.37 bits per heavy atom. The molecule has 0 saturated carbocycles. The largest absolute Gasteiger partial charge is 0.477 e. The SMILES string of the molecule is Cc1cc(=O)c(C(=O)O)cn1-c1ccc(F)c(Cl)c1. The lowest BCUT2D eigenvalue weighted by Crippen LogP contribution is -2.18. The molecule has 98 valence electrons. The van der Waals surface area contributed by atoms with Crippen molar-refractivity contribution in [3.63, 3.8) is 0 Å². The zero-order valence-corrected chi connectivity index (χ0v) is 10.6. The topological polar surface area (TPSA) is 59.3 Å². The van der Waals surface area contributed by atoms with Gasteiger partial charge in [0.1, 0.15) is 11.4 Å². The van der Waals surface area contributed by atoms with Crippen LogP contribution < -0.4 is 5.43 Å². The van der Waals surface area contributed by atoms with E-state index in [4.69, 9.17) is 16.7 Å². The number of aryl methyl sites for hydroxylation is 1. The highest BCUT2D eigenvalue weighted by molar-refractivity contribution is 6.30. The van der Waals surface area contributed by atoms with Crippen molar-refractivity contribution < 1.29 is 14.3 Å². The van der Waals surface area contributed by atoms with Crippen molar-refractivity contribution in [3.05, 3.63) is 62.8 Å². The number of pyridine rings is 1. The Balaban J connectivity index is 2.68. The molecule has 0 bridgehead atoms. The summed E-state index contributed by atoms with van der Waals surface area (Å²) in [4.78, 5) is 22.4. The first-order valence-electron chi connectivity index (χ1n) is 5.32. The Labute approximate surface area is 112 Å². The Bertz CT molecular complexity index is 724. The molecule has 0 radical (unpaired) electrons. The first-order valence-corrected chi connectivity index (χ1v) is 5.70. The molecule has 0 amide bonds. The minimum absolute atomic E-state index is 0.0764. The van der Waals surface area contributed by atoms with E-state index in [1.807, 2.05) is 0 Å². The fraction of sp³-hybridized carbons (Fsp3) is 0.0769. The number of aromatic carboxylic acids is 1. The summed E-state index contributed by atoms with van der Waals surface area (Å²) in [5, 5.41) is 8.85. The molecule has 0 unspecified atom stereocenters. The van der Waals surface area contributed by atoms with Crippen molar-refractivity contribution in [1.82, 2.24) is 4.57 Å². The van der Waals surface area contributed by atoms with Crippen LogP contribution in [0, 0.1) is 12.7 Å². The van der Waals surface area contributed by atoms with E-state index in [1.165, 1.54) is 35.0 Å². The van der Waals surface area contributed by atoms with Gasteiger partial charge in [0.25, 0.3) is 0 Å². The highest BCUT2D eigenvalue weighted by Gasteiger charge is 2.12. The number of nitrogens with zero attached hydrogens (tertiary/aromatic N) is 1. The van der Waals surface area contributed by atoms with E-state index < -0.39 is 17.2 Å². The van der Waals surface area contributed by atoms with Crippen LogP contribution in [0.15, 0.2) is 35.3 Å². The number of hydrogen-bond acceptors (Lipinski definition) is 2. The summed E-state index contributed by atoms with van der Waals surface area (Å²) in [6, 6.07) is 5.20. The molecule has 0 aliphatic rings. The summed E-state index contributed by atoms with van der Waals surface area (Å²) in [5.74, 6) is -1.88. The number of hydrogen-bond donors (Lipinski definition) is 1. The summed E-state index contributed by atoms with van der Waals surface area (Å²) in [7, 11) is 0. The van der Waals surface area contributed by atoms with Crippen LogP contribution in [0.4, 0.5) is 4.39 Å². The zero-order valence-electron chi connectivity index (χ0n) is 9.85. The van der Waals surface area contributed by atoms with E-state index in [1.54, 1.807) is 6.92 Å². The number of carboxylic acids is 1. The van der Waals surface area contributed by atoms with Crippen molar-refractivity contribution in [1.29, 1.82) is 0 Å². The van der Waals surface area contributed by atoms with Gasteiger partial charge in [-0.15, -0.1) is 0 Å². The van der Waals surface area contributed by atoms with Gasteiger partial charge in [0.2, 0.25) is 0 Å². The molecule has 1 aromatic carbocycles. The number of rotatable bonds is 2. The van der Waals surface area contributed by atoms with Gasteiger partial charge in [-0.1, -0.05) is 11.6 Å². The lowest BCUT2D eigenvalue weighted by atomic mass is 10.2. The molecule has 1 N–H and O–H groups in total. The zero-order chi connectivity index (χ0) is 14.2. The number of carbonyl (C=O) groups is 1. The van der Waals surface area contributed by atoms with Gasteiger partial charge in [0, 0.05) is 23.6 Å². The molecule has 0 atom stereocenters. The normalized spacial score (nSPS) is 10.5. The maximum absolute atomic E-state index is 13.1. The van der Waals surface area contributed by atoms with Gasteiger partial charge in [-0.25, -0.2) is 9.18 Å². The first-order chi connectivity index (χ1) is 8.90. The second-order valence-corrected chi connectivity index (χ2v) is 4.37. The Hall–Kier alpha value is -2.14. The third-order valence-corrected chi connectivity index (χ3v) is 2.95. The molecule has 0 spiro atoms. The monoisotopic (exact) mass is 281 g/mol. The Morgan fingerprint density at radius 3 is 2.63 bits per heavy atom. The summed E-state index contributed by atoms with van der Waals surface area (Å²) in [5.41, 5.74) is 0.0737. The molecule has 19 heavy (non-hydrogen) atoms. The third kappa shape index (κ3) is 2.51. The van der Waals surface area contributed by atoms with Gasteiger partial charge in [-0.2, -0.15) is 0 Å². The second kappa shape index (κ2) is 4.85. The highest BCUT2D eigenvalue weighted by Crippen LogP contribution is 2.19. The van der Waals surface area contributed by atoms with Crippen LogP contribution in [-0.4, -0.2) is 15.6 Å². The van der Waals surface area contributed by atoms with Crippen LogP contribution in [0.5, 0.6) is 0 Å². The highest BCUT2D eigenvalue weighted by atomic mass is 35.5. The number of aromatic nitrogens is 1. The van der Waals surface area contributed by atoms with Crippen molar-refractivity contribution in [2.24, 2.45) is 0 Å². The summed E-state index contributed by atoms with van der Waals surface area (Å²) in [6.45, 7) is 1.64. The van der Waals surface area contributed by atoms with Crippen molar-refractivity contribution in [2.45, 2.75) is 6.92 Å². The average Bonchev–Trinajstić information content (AvgIpc) is 2.32. The first kappa shape index (κ1) is 13.3. The molecule has 0 saturated heterocycles. The minimum Gasteiger partial charge on any atom is -0.477 e. The maximum atomic E-state index is 13.1. The van der Waals surface area contributed by atoms with E-state index in [-0.39, 0.29) is 10.6 Å². The van der Waals surface area contributed by atoms with Crippen LogP contribution in [-0.2, 0) is 0 Å². The number of carboxylic acid groups (broad SMARTS) is 1. The van der Waals surface area contributed by atoms with E-state index >= 15 is 0 Å². The van der Waals surface area contributed by atoms with Crippen molar-refractivity contribution >= 4 is 17.6 Å². The number of halogens is 2. The van der Waals surface area contributed by atoms with Gasteiger partial charge in [-0.05, 0) is 25.1 Å². The van der Waals surface area contributed by atoms with Crippen LogP contribution in [0.2, 0.25) is 5.02 Å². The molecule has 2 aromatic rings. The molecular formula is C13H9ClFNO3. The quantitative estimate of drug-likeness (QED) is 0.920. The fourth-order valence-electron chi connectivity index (χ4n) is 1.71. The fourth-order valence-corrected chi connectivity index (χ4v) is 1.88. The molecule has 4 nitrogen and oxygen atoms in total. The Morgan fingerprint density at radius 2 is 2.05 bits per heavy atom. The van der Waals surface area contributed by atoms with Crippen LogP contribution in [0.25, 0.3) is 5.69 Å². The van der Waals surface area contributed by atoms with E-state index in [2.05, 4.69) is 0 Å². The minimum atomic E-state index is -1.31. The lowest BCUT2D eigenvalue weighted by Gasteiger charge is -2.12. The summed E-state index contributed by atoms with van der Waals surface area (Å²) in [6.07, 6.45) is 1.20. The lowest BCUT2D eigenvalue weighted by molar-refractivity contribution is 0.0695. The maximum Gasteiger partial charge on any atom is 0.341 e. The molecule has 1 aromatic heterocycles. The van der Waals surface area contributed by atoms with E-state index in [0.29, 0.717) is 11.4 Å². The summed E-state index contributed by atoms with van der Waals surface area (Å²) < 4.78 is 14.6. The number of benzene rings is 1.